The molecule has 1 aromatic rings. The highest BCUT2D eigenvalue weighted by atomic mass is 16.1. The van der Waals surface area contributed by atoms with E-state index in [9.17, 15) is 4.79 Å². The maximum atomic E-state index is 11.3. The molecule has 0 bridgehead atoms. The smallest absolute Gasteiger partial charge is 0.248 e. The molecular formula is C13H18N2O. The molecule has 1 heterocycles. The maximum absolute atomic E-state index is 11.3. The molecule has 0 unspecified atom stereocenters. The molecule has 2 N–H and O–H groups in total. The van der Waals surface area contributed by atoms with Gasteiger partial charge in [0.1, 0.15) is 0 Å². The predicted molar refractivity (Wildman–Crippen MR) is 65.7 cm³/mol. The number of unbranched alkanes of at least 4 members (excludes halogenated alkanes) is 1. The monoisotopic (exact) mass is 218 g/mol. The maximum Gasteiger partial charge on any atom is 0.248 e. The van der Waals surface area contributed by atoms with Crippen LogP contribution in [-0.4, -0.2) is 10.9 Å². The Labute approximate surface area is 96.4 Å². The molecule has 3 nitrogen and oxygen atoms in total. The van der Waals surface area contributed by atoms with Crippen LogP contribution in [0.2, 0.25) is 0 Å². The lowest BCUT2D eigenvalue weighted by Crippen LogP contribution is -2.13. The standard InChI is InChI=1S/C13H18N2O/c1-3-5-6-12(13(14)16)10-7-8-15-11(4-2)9-10/h6-9H,3-5H2,1-2H3,(H2,14,16)/b12-6+. The molecule has 0 atom stereocenters. The Morgan fingerprint density at radius 2 is 2.25 bits per heavy atom. The van der Waals surface area contributed by atoms with Gasteiger partial charge in [-0.15, -0.1) is 0 Å². The van der Waals surface area contributed by atoms with Crippen molar-refractivity contribution in [3.63, 3.8) is 0 Å². The first kappa shape index (κ1) is 12.4. The predicted octanol–water partition coefficient (Wildman–Crippen LogP) is 2.31. The first-order valence-electron chi connectivity index (χ1n) is 5.64. The zero-order valence-corrected chi connectivity index (χ0v) is 9.86. The van der Waals surface area contributed by atoms with E-state index in [1.54, 1.807) is 6.20 Å². The van der Waals surface area contributed by atoms with Gasteiger partial charge in [0.05, 0.1) is 0 Å². The van der Waals surface area contributed by atoms with Crippen molar-refractivity contribution in [2.75, 3.05) is 0 Å². The van der Waals surface area contributed by atoms with Crippen molar-refractivity contribution in [2.45, 2.75) is 33.1 Å². The van der Waals surface area contributed by atoms with Crippen molar-refractivity contribution < 1.29 is 4.79 Å². The number of amides is 1. The van der Waals surface area contributed by atoms with Crippen molar-refractivity contribution in [3.8, 4) is 0 Å². The molecule has 0 aliphatic rings. The third-order valence-electron chi connectivity index (χ3n) is 2.39. The van der Waals surface area contributed by atoms with E-state index in [4.69, 9.17) is 5.73 Å². The SMILES string of the molecule is CCC/C=C(/C(N)=O)c1ccnc(CC)c1. The summed E-state index contributed by atoms with van der Waals surface area (Å²) in [6.07, 6.45) is 6.34. The number of aromatic nitrogens is 1. The van der Waals surface area contributed by atoms with Gasteiger partial charge < -0.3 is 5.73 Å². The van der Waals surface area contributed by atoms with Gasteiger partial charge in [-0.1, -0.05) is 26.3 Å². The van der Waals surface area contributed by atoms with E-state index in [1.807, 2.05) is 25.1 Å². The number of hydrogen-bond donors (Lipinski definition) is 1. The summed E-state index contributed by atoms with van der Waals surface area (Å²) in [7, 11) is 0. The van der Waals surface area contributed by atoms with Crippen LogP contribution in [0.1, 0.15) is 37.9 Å². The topological polar surface area (TPSA) is 56.0 Å². The molecule has 1 amide bonds. The normalized spacial score (nSPS) is 11.5. The number of rotatable bonds is 5. The van der Waals surface area contributed by atoms with Gasteiger partial charge in [-0.2, -0.15) is 0 Å². The lowest BCUT2D eigenvalue weighted by molar-refractivity contribution is -0.112. The summed E-state index contributed by atoms with van der Waals surface area (Å²) in [5.74, 6) is -0.373. The van der Waals surface area contributed by atoms with Crippen LogP contribution in [0.25, 0.3) is 5.57 Å². The fourth-order valence-electron chi connectivity index (χ4n) is 1.49. The van der Waals surface area contributed by atoms with E-state index in [0.717, 1.165) is 30.5 Å². The molecule has 0 saturated heterocycles. The summed E-state index contributed by atoms with van der Waals surface area (Å²) in [5, 5.41) is 0. The first-order chi connectivity index (χ1) is 7.69. The summed E-state index contributed by atoms with van der Waals surface area (Å²) >= 11 is 0. The minimum absolute atomic E-state index is 0.373. The molecule has 0 fully saturated rings. The van der Waals surface area contributed by atoms with E-state index in [-0.39, 0.29) is 5.91 Å². The second-order valence-corrected chi connectivity index (χ2v) is 3.66. The Morgan fingerprint density at radius 1 is 1.50 bits per heavy atom. The highest BCUT2D eigenvalue weighted by Gasteiger charge is 2.08. The van der Waals surface area contributed by atoms with Gasteiger partial charge in [-0.3, -0.25) is 9.78 Å². The Balaban J connectivity index is 3.06. The minimum Gasteiger partial charge on any atom is -0.366 e. The molecule has 0 saturated carbocycles. The van der Waals surface area contributed by atoms with E-state index in [1.165, 1.54) is 0 Å². The fraction of sp³-hybridized carbons (Fsp3) is 0.385. The van der Waals surface area contributed by atoms with E-state index in [2.05, 4.69) is 11.9 Å². The van der Waals surface area contributed by atoms with E-state index >= 15 is 0 Å². The number of allylic oxidation sites excluding steroid dienone is 1. The molecule has 16 heavy (non-hydrogen) atoms. The zero-order valence-electron chi connectivity index (χ0n) is 9.86. The minimum atomic E-state index is -0.373. The number of aryl methyl sites for hydroxylation is 1. The van der Waals surface area contributed by atoms with Crippen LogP contribution in [0.4, 0.5) is 0 Å². The van der Waals surface area contributed by atoms with Crippen LogP contribution in [-0.2, 0) is 11.2 Å². The van der Waals surface area contributed by atoms with E-state index < -0.39 is 0 Å². The summed E-state index contributed by atoms with van der Waals surface area (Å²) in [5.41, 5.74) is 7.81. The van der Waals surface area contributed by atoms with Crippen molar-refractivity contribution in [1.29, 1.82) is 0 Å². The van der Waals surface area contributed by atoms with Gasteiger partial charge in [0.2, 0.25) is 5.91 Å². The van der Waals surface area contributed by atoms with Gasteiger partial charge in [0.15, 0.2) is 0 Å². The molecule has 0 aliphatic heterocycles. The van der Waals surface area contributed by atoms with Gasteiger partial charge in [0.25, 0.3) is 0 Å². The van der Waals surface area contributed by atoms with Crippen molar-refractivity contribution in [3.05, 3.63) is 35.7 Å². The van der Waals surface area contributed by atoms with Crippen LogP contribution in [0.3, 0.4) is 0 Å². The number of nitrogens with zero attached hydrogens (tertiary/aromatic N) is 1. The molecule has 3 heteroatoms. The molecule has 1 rings (SSSR count). The van der Waals surface area contributed by atoms with Crippen molar-refractivity contribution in [1.82, 2.24) is 4.98 Å². The summed E-state index contributed by atoms with van der Waals surface area (Å²) in [6.45, 7) is 4.10. The van der Waals surface area contributed by atoms with Gasteiger partial charge in [0, 0.05) is 17.5 Å². The average Bonchev–Trinajstić information content (AvgIpc) is 2.29. The number of carbonyl (C=O) groups excluding carboxylic acids is 1. The summed E-state index contributed by atoms with van der Waals surface area (Å²) in [4.78, 5) is 15.5. The third kappa shape index (κ3) is 3.19. The average molecular weight is 218 g/mol. The Bertz CT molecular complexity index is 397. The molecule has 0 aromatic carbocycles. The molecule has 86 valence electrons. The van der Waals surface area contributed by atoms with Gasteiger partial charge >= 0.3 is 0 Å². The van der Waals surface area contributed by atoms with Gasteiger partial charge in [-0.05, 0) is 30.5 Å². The number of hydrogen-bond acceptors (Lipinski definition) is 2. The first-order valence-corrected chi connectivity index (χ1v) is 5.64. The molecule has 1 aromatic heterocycles. The largest absolute Gasteiger partial charge is 0.366 e. The molecular weight excluding hydrogens is 200 g/mol. The number of nitrogens with two attached hydrogens (primary N) is 1. The lowest BCUT2D eigenvalue weighted by Gasteiger charge is -2.05. The number of primary amides is 1. The Hall–Kier alpha value is -1.64. The number of pyridine rings is 1. The third-order valence-corrected chi connectivity index (χ3v) is 2.39. The highest BCUT2D eigenvalue weighted by Crippen LogP contribution is 2.16. The zero-order chi connectivity index (χ0) is 12.0. The van der Waals surface area contributed by atoms with Crippen LogP contribution in [0.5, 0.6) is 0 Å². The van der Waals surface area contributed by atoms with Crippen LogP contribution in [0.15, 0.2) is 24.4 Å². The van der Waals surface area contributed by atoms with Crippen LogP contribution >= 0.6 is 0 Å². The van der Waals surface area contributed by atoms with Crippen LogP contribution in [0, 0.1) is 0 Å². The molecule has 0 aliphatic carbocycles. The molecule has 0 spiro atoms. The Kier molecular flexibility index (Phi) is 4.70. The second-order valence-electron chi connectivity index (χ2n) is 3.66. The van der Waals surface area contributed by atoms with Crippen LogP contribution < -0.4 is 5.73 Å². The second kappa shape index (κ2) is 6.05. The lowest BCUT2D eigenvalue weighted by atomic mass is 10.0. The highest BCUT2D eigenvalue weighted by molar-refractivity contribution is 6.18. The van der Waals surface area contributed by atoms with Crippen molar-refractivity contribution in [2.24, 2.45) is 5.73 Å². The fourth-order valence-corrected chi connectivity index (χ4v) is 1.49. The number of carbonyl (C=O) groups is 1. The van der Waals surface area contributed by atoms with Crippen molar-refractivity contribution >= 4 is 11.5 Å². The molecule has 0 radical (unpaired) electrons. The van der Waals surface area contributed by atoms with E-state index in [0.29, 0.717) is 5.57 Å². The van der Waals surface area contributed by atoms with Gasteiger partial charge in [-0.25, -0.2) is 0 Å². The Morgan fingerprint density at radius 3 is 2.81 bits per heavy atom. The summed E-state index contributed by atoms with van der Waals surface area (Å²) in [6, 6.07) is 3.75. The summed E-state index contributed by atoms with van der Waals surface area (Å²) < 4.78 is 0. The quantitative estimate of drug-likeness (QED) is 0.771.